The third-order valence-corrected chi connectivity index (χ3v) is 4.53. The summed E-state index contributed by atoms with van der Waals surface area (Å²) in [4.78, 5) is 0. The zero-order chi connectivity index (χ0) is 16.5. The van der Waals surface area contributed by atoms with Crippen LogP contribution < -0.4 is 10.1 Å². The van der Waals surface area contributed by atoms with Crippen molar-refractivity contribution in [2.75, 3.05) is 12.4 Å². The molecule has 0 bridgehead atoms. The summed E-state index contributed by atoms with van der Waals surface area (Å²) in [5.74, 6) is 1.52. The van der Waals surface area contributed by atoms with Gasteiger partial charge in [0, 0.05) is 11.3 Å². The van der Waals surface area contributed by atoms with Crippen molar-refractivity contribution in [1.82, 2.24) is 14.6 Å². The number of nitriles is 1. The monoisotopic (exact) mass is 319 g/mol. The van der Waals surface area contributed by atoms with Crippen molar-refractivity contribution in [3.05, 3.63) is 47.3 Å². The minimum atomic E-state index is 0.688. The number of aryl methyl sites for hydroxylation is 1. The summed E-state index contributed by atoms with van der Waals surface area (Å²) in [7, 11) is 1.64. The molecule has 1 aliphatic carbocycles. The van der Waals surface area contributed by atoms with E-state index in [-0.39, 0.29) is 0 Å². The Kier molecular flexibility index (Phi) is 3.54. The van der Waals surface area contributed by atoms with Crippen LogP contribution in [-0.2, 0) is 12.8 Å². The average Bonchev–Trinajstić information content (AvgIpc) is 3.12. The molecule has 0 saturated carbocycles. The molecule has 120 valence electrons. The first-order chi connectivity index (χ1) is 11.8. The number of pyridine rings is 1. The molecule has 2 heterocycles. The van der Waals surface area contributed by atoms with E-state index in [1.54, 1.807) is 13.4 Å². The van der Waals surface area contributed by atoms with Gasteiger partial charge in [0.25, 0.3) is 0 Å². The molecule has 0 atom stereocenters. The number of ether oxygens (including phenoxy) is 1. The van der Waals surface area contributed by atoms with Gasteiger partial charge in [0.2, 0.25) is 0 Å². The highest BCUT2D eigenvalue weighted by molar-refractivity contribution is 5.72. The number of hydrogen-bond donors (Lipinski definition) is 1. The summed E-state index contributed by atoms with van der Waals surface area (Å²) in [5, 5.41) is 21.5. The molecule has 2 aromatic heterocycles. The van der Waals surface area contributed by atoms with Gasteiger partial charge in [-0.25, -0.2) is 0 Å². The van der Waals surface area contributed by atoms with Gasteiger partial charge < -0.3 is 10.1 Å². The molecule has 0 unspecified atom stereocenters. The van der Waals surface area contributed by atoms with Gasteiger partial charge in [0.1, 0.15) is 24.0 Å². The summed E-state index contributed by atoms with van der Waals surface area (Å²) in [5.41, 5.74) is 4.70. The average molecular weight is 319 g/mol. The van der Waals surface area contributed by atoms with Gasteiger partial charge >= 0.3 is 0 Å². The van der Waals surface area contributed by atoms with E-state index in [1.165, 1.54) is 0 Å². The van der Waals surface area contributed by atoms with Gasteiger partial charge in [-0.2, -0.15) is 5.26 Å². The summed E-state index contributed by atoms with van der Waals surface area (Å²) in [6, 6.07) is 10.0. The zero-order valence-electron chi connectivity index (χ0n) is 13.4. The van der Waals surface area contributed by atoms with Gasteiger partial charge in [-0.05, 0) is 55.5 Å². The lowest BCUT2D eigenvalue weighted by atomic mass is 9.89. The highest BCUT2D eigenvalue weighted by atomic mass is 16.5. The second-order valence-electron chi connectivity index (χ2n) is 5.88. The van der Waals surface area contributed by atoms with E-state index in [0.29, 0.717) is 5.56 Å². The molecule has 0 aliphatic heterocycles. The molecule has 1 aliphatic rings. The Morgan fingerprint density at radius 2 is 1.92 bits per heavy atom. The van der Waals surface area contributed by atoms with Crippen LogP contribution in [0.1, 0.15) is 29.5 Å². The van der Waals surface area contributed by atoms with Crippen molar-refractivity contribution >= 4 is 17.2 Å². The summed E-state index contributed by atoms with van der Waals surface area (Å²) in [6.45, 7) is 0. The van der Waals surface area contributed by atoms with Crippen molar-refractivity contribution in [1.29, 1.82) is 5.26 Å². The molecule has 0 radical (unpaired) electrons. The Balaban J connectivity index is 1.87. The quantitative estimate of drug-likeness (QED) is 0.802. The smallest absolute Gasteiger partial charge is 0.165 e. The van der Waals surface area contributed by atoms with Gasteiger partial charge in [-0.15, -0.1) is 10.2 Å². The number of aromatic nitrogens is 3. The van der Waals surface area contributed by atoms with E-state index in [9.17, 15) is 5.26 Å². The number of hydrogen-bond acceptors (Lipinski definition) is 5. The summed E-state index contributed by atoms with van der Waals surface area (Å²) in [6.07, 6.45) is 5.77. The number of nitrogens with zero attached hydrogens (tertiary/aromatic N) is 4. The number of nitrogens with one attached hydrogen (secondary N) is 1. The topological polar surface area (TPSA) is 75.2 Å². The van der Waals surface area contributed by atoms with Crippen LogP contribution in [0.4, 0.5) is 11.5 Å². The van der Waals surface area contributed by atoms with Gasteiger partial charge in [0.15, 0.2) is 5.65 Å². The van der Waals surface area contributed by atoms with E-state index in [2.05, 4.69) is 21.6 Å². The van der Waals surface area contributed by atoms with Crippen LogP contribution in [0.2, 0.25) is 0 Å². The maximum Gasteiger partial charge on any atom is 0.165 e. The standard InChI is InChI=1S/C18H17N5O/c1-24-13-8-6-12(7-9-13)21-17-16(10-19)14-4-2-3-5-15(14)18-22-20-11-23(17)18/h6-9,11,21H,2-5H2,1H3. The van der Waals surface area contributed by atoms with E-state index in [4.69, 9.17) is 4.74 Å². The van der Waals surface area contributed by atoms with Crippen LogP contribution in [0.15, 0.2) is 30.6 Å². The minimum absolute atomic E-state index is 0.688. The first kappa shape index (κ1) is 14.5. The lowest BCUT2D eigenvalue weighted by molar-refractivity contribution is 0.415. The number of rotatable bonds is 3. The molecule has 3 aromatic rings. The molecule has 4 rings (SSSR count). The molecular weight excluding hydrogens is 302 g/mol. The highest BCUT2D eigenvalue weighted by Gasteiger charge is 2.23. The molecular formula is C18H17N5O. The molecule has 6 heteroatoms. The SMILES string of the molecule is COc1ccc(Nc2c(C#N)c3c(c4nncn24)CCCC3)cc1. The van der Waals surface area contributed by atoms with Crippen molar-refractivity contribution in [2.24, 2.45) is 0 Å². The number of fused-ring (bicyclic) bond motifs is 3. The predicted octanol–water partition coefficient (Wildman–Crippen LogP) is 3.23. The fraction of sp³-hybridized carbons (Fsp3) is 0.278. The van der Waals surface area contributed by atoms with Crippen molar-refractivity contribution in [2.45, 2.75) is 25.7 Å². The Bertz CT molecular complexity index is 937. The maximum absolute atomic E-state index is 9.77. The molecule has 6 nitrogen and oxygen atoms in total. The number of methoxy groups -OCH3 is 1. The summed E-state index contributed by atoms with van der Waals surface area (Å²) < 4.78 is 7.07. The van der Waals surface area contributed by atoms with E-state index >= 15 is 0 Å². The van der Waals surface area contributed by atoms with Gasteiger partial charge in [0.05, 0.1) is 12.7 Å². The molecule has 0 amide bonds. The van der Waals surface area contributed by atoms with Crippen LogP contribution >= 0.6 is 0 Å². The number of benzene rings is 1. The van der Waals surface area contributed by atoms with Crippen molar-refractivity contribution in [3.8, 4) is 11.8 Å². The minimum Gasteiger partial charge on any atom is -0.497 e. The Morgan fingerprint density at radius 3 is 2.62 bits per heavy atom. The normalized spacial score (nSPS) is 13.3. The second-order valence-corrected chi connectivity index (χ2v) is 5.88. The fourth-order valence-electron chi connectivity index (χ4n) is 3.35. The first-order valence-electron chi connectivity index (χ1n) is 8.00. The van der Waals surface area contributed by atoms with E-state index < -0.39 is 0 Å². The van der Waals surface area contributed by atoms with Crippen LogP contribution in [0.3, 0.4) is 0 Å². The molecule has 1 N–H and O–H groups in total. The lowest BCUT2D eigenvalue weighted by Gasteiger charge is -2.21. The van der Waals surface area contributed by atoms with Crippen LogP contribution in [-0.4, -0.2) is 21.7 Å². The summed E-state index contributed by atoms with van der Waals surface area (Å²) >= 11 is 0. The molecule has 1 aromatic carbocycles. The van der Waals surface area contributed by atoms with Crippen molar-refractivity contribution < 1.29 is 4.74 Å². The third-order valence-electron chi connectivity index (χ3n) is 4.53. The third kappa shape index (κ3) is 2.26. The molecule has 24 heavy (non-hydrogen) atoms. The largest absolute Gasteiger partial charge is 0.497 e. The second kappa shape index (κ2) is 5.85. The molecule has 0 spiro atoms. The Hall–Kier alpha value is -3.07. The van der Waals surface area contributed by atoms with Crippen LogP contribution in [0.25, 0.3) is 5.65 Å². The van der Waals surface area contributed by atoms with Crippen molar-refractivity contribution in [3.63, 3.8) is 0 Å². The maximum atomic E-state index is 9.77. The van der Waals surface area contributed by atoms with Gasteiger partial charge in [-0.3, -0.25) is 4.40 Å². The number of anilines is 2. The van der Waals surface area contributed by atoms with Gasteiger partial charge in [-0.1, -0.05) is 0 Å². The van der Waals surface area contributed by atoms with E-state index in [1.807, 2.05) is 28.7 Å². The van der Waals surface area contributed by atoms with E-state index in [0.717, 1.165) is 59.7 Å². The zero-order valence-corrected chi connectivity index (χ0v) is 13.4. The Morgan fingerprint density at radius 1 is 1.17 bits per heavy atom. The van der Waals surface area contributed by atoms with Crippen LogP contribution in [0, 0.1) is 11.3 Å². The molecule has 0 fully saturated rings. The highest BCUT2D eigenvalue weighted by Crippen LogP contribution is 2.33. The fourth-order valence-corrected chi connectivity index (χ4v) is 3.35. The first-order valence-corrected chi connectivity index (χ1v) is 8.00. The lowest BCUT2D eigenvalue weighted by Crippen LogP contribution is -2.12. The molecule has 0 saturated heterocycles. The predicted molar refractivity (Wildman–Crippen MR) is 90.6 cm³/mol. The van der Waals surface area contributed by atoms with Crippen LogP contribution in [0.5, 0.6) is 5.75 Å². The Labute approximate surface area is 139 Å².